The van der Waals surface area contributed by atoms with E-state index in [1.807, 2.05) is 0 Å². The van der Waals surface area contributed by atoms with Crippen LogP contribution in [0.1, 0.15) is 0 Å². The molecule has 0 unspecified atom stereocenters. The number of hydrogen-bond acceptors (Lipinski definition) is 4. The Morgan fingerprint density at radius 3 is 2.46 bits per heavy atom. The first-order valence-corrected chi connectivity index (χ1v) is 5.03. The molecule has 0 saturated heterocycles. The molecule has 0 spiro atoms. The third-order valence-corrected chi connectivity index (χ3v) is 2.72. The van der Waals surface area contributed by atoms with Crippen molar-refractivity contribution in [1.29, 1.82) is 0 Å². The van der Waals surface area contributed by atoms with Gasteiger partial charge in [0.25, 0.3) is 0 Å². The van der Waals surface area contributed by atoms with Crippen LogP contribution in [0.25, 0.3) is 0 Å². The van der Waals surface area contributed by atoms with E-state index in [9.17, 15) is 13.3 Å². The van der Waals surface area contributed by atoms with Crippen LogP contribution in [0.2, 0.25) is 5.02 Å². The van der Waals surface area contributed by atoms with Crippen molar-refractivity contribution >= 4 is 27.3 Å². The smallest absolute Gasteiger partial charge is 0.225 e. The number of rotatable bonds is 2. The Morgan fingerprint density at radius 1 is 1.38 bits per heavy atom. The van der Waals surface area contributed by atoms with Crippen molar-refractivity contribution in [3.63, 3.8) is 0 Å². The van der Waals surface area contributed by atoms with Crippen LogP contribution in [0.5, 0.6) is 0 Å². The summed E-state index contributed by atoms with van der Waals surface area (Å²) in [5.41, 5.74) is -0.0339. The minimum absolute atomic E-state index is 0.0325. The van der Waals surface area contributed by atoms with Crippen molar-refractivity contribution in [1.82, 2.24) is 0 Å². The Kier molecular flexibility index (Phi) is 2.65. The van der Waals surface area contributed by atoms with Crippen molar-refractivity contribution in [2.75, 3.05) is 0 Å². The van der Waals surface area contributed by atoms with Crippen molar-refractivity contribution < 1.29 is 8.42 Å². The highest BCUT2D eigenvalue weighted by Gasteiger charge is 2.13. The maximum Gasteiger partial charge on any atom is 0.239 e. The topological polar surface area (TPSA) is 89.6 Å². The maximum absolute atomic E-state index is 10.9. The summed E-state index contributed by atoms with van der Waals surface area (Å²) in [7, 11) is -3.90. The average molecular weight is 221 g/mol. The normalized spacial score (nSPS) is 11.2. The molecule has 0 atom stereocenters. The van der Waals surface area contributed by atoms with E-state index in [0.29, 0.717) is 0 Å². The third kappa shape index (κ3) is 2.24. The number of nitrogens with zero attached hydrogens (tertiary/aromatic N) is 1. The average Bonchev–Trinajstić information content (AvgIpc) is 2.03. The Balaban J connectivity index is 3.44. The van der Waals surface area contributed by atoms with Gasteiger partial charge in [0.1, 0.15) is 10.6 Å². The molecule has 0 amide bonds. The summed E-state index contributed by atoms with van der Waals surface area (Å²) in [6, 6.07) is 3.56. The van der Waals surface area contributed by atoms with E-state index in [2.05, 4.69) is 5.18 Å². The molecule has 0 aromatic heterocycles. The van der Waals surface area contributed by atoms with E-state index in [1.165, 1.54) is 12.1 Å². The molecule has 0 aliphatic carbocycles. The van der Waals surface area contributed by atoms with Crippen LogP contribution in [0.15, 0.2) is 28.3 Å². The summed E-state index contributed by atoms with van der Waals surface area (Å²) in [5.74, 6) is 0. The van der Waals surface area contributed by atoms with Crippen molar-refractivity contribution in [2.45, 2.75) is 4.90 Å². The highest BCUT2D eigenvalue weighted by molar-refractivity contribution is 7.89. The van der Waals surface area contributed by atoms with Gasteiger partial charge in [-0.25, -0.2) is 13.6 Å². The van der Waals surface area contributed by atoms with Gasteiger partial charge in [-0.05, 0) is 23.4 Å². The van der Waals surface area contributed by atoms with Crippen LogP contribution in [0.4, 0.5) is 5.69 Å². The molecule has 13 heavy (non-hydrogen) atoms. The second-order valence-electron chi connectivity index (χ2n) is 2.25. The van der Waals surface area contributed by atoms with Gasteiger partial charge in [0.15, 0.2) is 0 Å². The minimum atomic E-state index is -3.90. The number of nitrogens with two attached hydrogens (primary N) is 1. The molecule has 5 nitrogen and oxygen atoms in total. The standard InChI is InChI=1S/C6H5ClN2O3S/c7-5-2-1-4(9-10)3-6(5)13(8,11)12/h1-3H,(H2,8,11,12). The van der Waals surface area contributed by atoms with Gasteiger partial charge in [-0.1, -0.05) is 11.6 Å². The van der Waals surface area contributed by atoms with E-state index in [1.54, 1.807) is 0 Å². The first-order chi connectivity index (χ1) is 5.95. The molecule has 1 aromatic carbocycles. The number of hydrogen-bond donors (Lipinski definition) is 1. The molecule has 7 heteroatoms. The van der Waals surface area contributed by atoms with Gasteiger partial charge in [-0.3, -0.25) is 0 Å². The van der Waals surface area contributed by atoms with Gasteiger partial charge in [0.2, 0.25) is 10.0 Å². The number of halogens is 1. The fourth-order valence-corrected chi connectivity index (χ4v) is 1.83. The number of sulfonamides is 1. The molecule has 1 aromatic rings. The molecule has 0 aliphatic heterocycles. The Hall–Kier alpha value is -0.980. The predicted octanol–water partition coefficient (Wildman–Crippen LogP) is 1.39. The zero-order valence-electron chi connectivity index (χ0n) is 6.27. The van der Waals surface area contributed by atoms with Crippen molar-refractivity contribution in [3.05, 3.63) is 28.1 Å². The Morgan fingerprint density at radius 2 is 2.00 bits per heavy atom. The third-order valence-electron chi connectivity index (χ3n) is 1.33. The summed E-state index contributed by atoms with van der Waals surface area (Å²) in [4.78, 5) is 9.77. The number of nitroso groups, excluding NO2 is 1. The monoisotopic (exact) mass is 220 g/mol. The van der Waals surface area contributed by atoms with Crippen LogP contribution in [-0.4, -0.2) is 8.42 Å². The quantitative estimate of drug-likeness (QED) is 0.764. The molecule has 70 valence electrons. The summed E-state index contributed by atoms with van der Waals surface area (Å²) in [5, 5.41) is 7.35. The van der Waals surface area contributed by atoms with E-state index < -0.39 is 10.0 Å². The molecule has 0 aliphatic rings. The molecule has 0 bridgehead atoms. The highest BCUT2D eigenvalue weighted by Crippen LogP contribution is 2.24. The Labute approximate surface area is 79.5 Å². The van der Waals surface area contributed by atoms with Gasteiger partial charge in [0, 0.05) is 0 Å². The number of benzene rings is 1. The van der Waals surface area contributed by atoms with E-state index >= 15 is 0 Å². The van der Waals surface area contributed by atoms with E-state index in [4.69, 9.17) is 16.7 Å². The van der Waals surface area contributed by atoms with Crippen molar-refractivity contribution in [3.8, 4) is 0 Å². The molecule has 0 radical (unpaired) electrons. The van der Waals surface area contributed by atoms with Gasteiger partial charge in [-0.15, -0.1) is 4.91 Å². The van der Waals surface area contributed by atoms with Gasteiger partial charge in [-0.2, -0.15) is 0 Å². The molecular formula is C6H5ClN2O3S. The summed E-state index contributed by atoms with van der Waals surface area (Å²) in [6.45, 7) is 0. The second kappa shape index (κ2) is 3.41. The molecule has 0 fully saturated rings. The van der Waals surface area contributed by atoms with Crippen LogP contribution < -0.4 is 5.14 Å². The summed E-state index contributed by atoms with van der Waals surface area (Å²) >= 11 is 5.53. The molecule has 2 N–H and O–H groups in total. The zero-order chi connectivity index (χ0) is 10.1. The highest BCUT2D eigenvalue weighted by atomic mass is 35.5. The second-order valence-corrected chi connectivity index (χ2v) is 4.19. The van der Waals surface area contributed by atoms with Crippen LogP contribution in [0.3, 0.4) is 0 Å². The first kappa shape index (κ1) is 10.1. The lowest BCUT2D eigenvalue weighted by Gasteiger charge is -2.00. The lowest BCUT2D eigenvalue weighted by Crippen LogP contribution is -2.12. The summed E-state index contributed by atoms with van der Waals surface area (Å²) in [6.07, 6.45) is 0. The molecule has 1 rings (SSSR count). The first-order valence-electron chi connectivity index (χ1n) is 3.11. The largest absolute Gasteiger partial charge is 0.239 e. The molecular weight excluding hydrogens is 216 g/mol. The minimum Gasteiger partial charge on any atom is -0.225 e. The van der Waals surface area contributed by atoms with E-state index in [-0.39, 0.29) is 15.6 Å². The fraction of sp³-hybridized carbons (Fsp3) is 0. The lowest BCUT2D eigenvalue weighted by molar-refractivity contribution is 0.598. The van der Waals surface area contributed by atoms with Gasteiger partial charge >= 0.3 is 0 Å². The zero-order valence-corrected chi connectivity index (χ0v) is 7.84. The van der Waals surface area contributed by atoms with E-state index in [0.717, 1.165) is 6.07 Å². The van der Waals surface area contributed by atoms with Crippen LogP contribution >= 0.6 is 11.6 Å². The maximum atomic E-state index is 10.9. The van der Waals surface area contributed by atoms with Gasteiger partial charge < -0.3 is 0 Å². The van der Waals surface area contributed by atoms with Gasteiger partial charge in [0.05, 0.1) is 5.02 Å². The summed E-state index contributed by atoms with van der Waals surface area (Å²) < 4.78 is 21.7. The number of primary sulfonamides is 1. The molecule has 0 saturated carbocycles. The van der Waals surface area contributed by atoms with Crippen LogP contribution in [-0.2, 0) is 10.0 Å². The predicted molar refractivity (Wildman–Crippen MR) is 48.3 cm³/mol. The molecule has 0 heterocycles. The fourth-order valence-electron chi connectivity index (χ4n) is 0.767. The SMILES string of the molecule is NS(=O)(=O)c1cc(N=O)ccc1Cl. The Bertz CT molecular complexity index is 443. The van der Waals surface area contributed by atoms with Crippen molar-refractivity contribution in [2.24, 2.45) is 10.3 Å². The van der Waals surface area contributed by atoms with Crippen LogP contribution in [0, 0.1) is 4.91 Å². The lowest BCUT2D eigenvalue weighted by atomic mass is 10.3.